The van der Waals surface area contributed by atoms with Gasteiger partial charge in [-0.2, -0.15) is 0 Å². The van der Waals surface area contributed by atoms with Crippen LogP contribution < -0.4 is 16.4 Å². The number of carbonyl (C=O) groups is 2. The molecule has 16 heavy (non-hydrogen) atoms. The van der Waals surface area contributed by atoms with Gasteiger partial charge in [0.15, 0.2) is 0 Å². The lowest BCUT2D eigenvalue weighted by molar-refractivity contribution is -0.134. The van der Waals surface area contributed by atoms with Crippen molar-refractivity contribution in [3.63, 3.8) is 0 Å². The van der Waals surface area contributed by atoms with Crippen LogP contribution >= 0.6 is 0 Å². The molecular formula is C11H19N3O2. The minimum atomic E-state index is -0.213. The van der Waals surface area contributed by atoms with E-state index in [1.54, 1.807) is 0 Å². The summed E-state index contributed by atoms with van der Waals surface area (Å²) in [6.45, 7) is 0.672. The van der Waals surface area contributed by atoms with Crippen LogP contribution in [-0.4, -0.2) is 30.4 Å². The number of piperidine rings is 1. The molecule has 0 radical (unpaired) electrons. The Hall–Kier alpha value is -0.940. The Morgan fingerprint density at radius 2 is 2.12 bits per heavy atom. The van der Waals surface area contributed by atoms with Crippen LogP contribution in [0.1, 0.15) is 32.1 Å². The van der Waals surface area contributed by atoms with Crippen molar-refractivity contribution in [3.8, 4) is 0 Å². The van der Waals surface area contributed by atoms with Crippen molar-refractivity contribution in [1.29, 1.82) is 0 Å². The molecule has 0 spiro atoms. The highest BCUT2D eigenvalue weighted by atomic mass is 16.2. The Kier molecular flexibility index (Phi) is 3.56. The van der Waals surface area contributed by atoms with E-state index in [0.29, 0.717) is 31.3 Å². The molecule has 2 fully saturated rings. The van der Waals surface area contributed by atoms with Crippen molar-refractivity contribution in [2.24, 2.45) is 11.7 Å². The van der Waals surface area contributed by atoms with Gasteiger partial charge in [0.05, 0.1) is 6.04 Å². The van der Waals surface area contributed by atoms with Crippen LogP contribution in [0.15, 0.2) is 0 Å². The van der Waals surface area contributed by atoms with Gasteiger partial charge in [-0.25, -0.2) is 0 Å². The molecular weight excluding hydrogens is 206 g/mol. The van der Waals surface area contributed by atoms with E-state index in [1.165, 1.54) is 6.42 Å². The number of nitrogens with one attached hydrogen (secondary N) is 2. The molecule has 5 nitrogen and oxygen atoms in total. The topological polar surface area (TPSA) is 84.2 Å². The molecule has 4 N–H and O–H groups in total. The maximum Gasteiger partial charge on any atom is 0.243 e. The Balaban J connectivity index is 1.89. The quantitative estimate of drug-likeness (QED) is 0.566. The lowest BCUT2D eigenvalue weighted by Gasteiger charge is -2.28. The molecule has 2 aliphatic rings. The van der Waals surface area contributed by atoms with Crippen molar-refractivity contribution in [1.82, 2.24) is 10.6 Å². The largest absolute Gasteiger partial charge is 0.330 e. The van der Waals surface area contributed by atoms with Crippen LogP contribution in [0, 0.1) is 5.92 Å². The van der Waals surface area contributed by atoms with Crippen molar-refractivity contribution in [2.45, 2.75) is 44.2 Å². The highest BCUT2D eigenvalue weighted by Gasteiger charge is 2.32. The molecule has 1 aliphatic heterocycles. The van der Waals surface area contributed by atoms with Crippen LogP contribution in [0.25, 0.3) is 0 Å². The van der Waals surface area contributed by atoms with E-state index in [-0.39, 0.29) is 17.9 Å². The third-order valence-corrected chi connectivity index (χ3v) is 3.62. The van der Waals surface area contributed by atoms with Gasteiger partial charge in [0, 0.05) is 12.5 Å². The van der Waals surface area contributed by atoms with Gasteiger partial charge in [0.2, 0.25) is 11.8 Å². The average Bonchev–Trinajstić information content (AvgIpc) is 2.69. The first-order valence-electron chi connectivity index (χ1n) is 6.00. The first kappa shape index (κ1) is 11.5. The maximum atomic E-state index is 11.6. The first-order chi connectivity index (χ1) is 7.70. The summed E-state index contributed by atoms with van der Waals surface area (Å²) in [5.41, 5.74) is 5.69. The van der Waals surface area contributed by atoms with Crippen LogP contribution in [0.4, 0.5) is 0 Å². The molecule has 1 saturated heterocycles. The molecule has 5 heteroatoms. The van der Waals surface area contributed by atoms with Crippen LogP contribution in [0.5, 0.6) is 0 Å². The number of rotatable bonds is 3. The molecule has 0 aromatic heterocycles. The van der Waals surface area contributed by atoms with Crippen molar-refractivity contribution >= 4 is 11.8 Å². The van der Waals surface area contributed by atoms with Gasteiger partial charge in [0.25, 0.3) is 0 Å². The highest BCUT2D eigenvalue weighted by Crippen LogP contribution is 2.25. The predicted octanol–water partition coefficient (Wildman–Crippen LogP) is -0.491. The Labute approximate surface area is 95.1 Å². The molecule has 0 aromatic rings. The summed E-state index contributed by atoms with van der Waals surface area (Å²) in [6.07, 6.45) is 4.44. The van der Waals surface area contributed by atoms with Gasteiger partial charge in [-0.05, 0) is 31.7 Å². The van der Waals surface area contributed by atoms with Gasteiger partial charge in [-0.1, -0.05) is 6.42 Å². The molecule has 3 unspecified atom stereocenters. The predicted molar refractivity (Wildman–Crippen MR) is 59.5 cm³/mol. The molecule has 3 atom stereocenters. The van der Waals surface area contributed by atoms with E-state index >= 15 is 0 Å². The zero-order chi connectivity index (χ0) is 11.5. The van der Waals surface area contributed by atoms with E-state index in [0.717, 1.165) is 12.8 Å². The smallest absolute Gasteiger partial charge is 0.243 e. The molecule has 1 saturated carbocycles. The molecule has 2 amide bonds. The van der Waals surface area contributed by atoms with E-state index in [9.17, 15) is 9.59 Å². The number of imide groups is 1. The van der Waals surface area contributed by atoms with Gasteiger partial charge < -0.3 is 11.1 Å². The third-order valence-electron chi connectivity index (χ3n) is 3.62. The number of amides is 2. The molecule has 1 aliphatic carbocycles. The van der Waals surface area contributed by atoms with E-state index in [2.05, 4.69) is 10.6 Å². The summed E-state index contributed by atoms with van der Waals surface area (Å²) in [5.74, 6) is 0.134. The number of hydrogen-bond acceptors (Lipinski definition) is 4. The zero-order valence-electron chi connectivity index (χ0n) is 9.37. The van der Waals surface area contributed by atoms with Gasteiger partial charge in [-0.3, -0.25) is 14.9 Å². The van der Waals surface area contributed by atoms with E-state index in [4.69, 9.17) is 5.73 Å². The lowest BCUT2D eigenvalue weighted by Crippen LogP contribution is -2.54. The summed E-state index contributed by atoms with van der Waals surface area (Å²) in [5, 5.41) is 5.71. The monoisotopic (exact) mass is 225 g/mol. The van der Waals surface area contributed by atoms with Crippen molar-refractivity contribution in [2.75, 3.05) is 6.54 Å². The summed E-state index contributed by atoms with van der Waals surface area (Å²) < 4.78 is 0. The van der Waals surface area contributed by atoms with Crippen LogP contribution in [-0.2, 0) is 9.59 Å². The van der Waals surface area contributed by atoms with Crippen LogP contribution in [0.2, 0.25) is 0 Å². The Bertz CT molecular complexity index is 293. The Morgan fingerprint density at radius 3 is 2.81 bits per heavy atom. The SMILES string of the molecule is NCC1CCCC1NC1CCC(=O)NC1=O. The summed E-state index contributed by atoms with van der Waals surface area (Å²) >= 11 is 0. The average molecular weight is 225 g/mol. The fraction of sp³-hybridized carbons (Fsp3) is 0.818. The fourth-order valence-electron chi connectivity index (χ4n) is 2.65. The minimum Gasteiger partial charge on any atom is -0.330 e. The molecule has 0 aromatic carbocycles. The molecule has 0 bridgehead atoms. The van der Waals surface area contributed by atoms with Gasteiger partial charge >= 0.3 is 0 Å². The second-order valence-electron chi connectivity index (χ2n) is 4.70. The van der Waals surface area contributed by atoms with Gasteiger partial charge in [0.1, 0.15) is 0 Å². The third kappa shape index (κ3) is 2.41. The molecule has 90 valence electrons. The van der Waals surface area contributed by atoms with Crippen LogP contribution in [0.3, 0.4) is 0 Å². The second kappa shape index (κ2) is 4.93. The standard InChI is InChI=1S/C11H19N3O2/c12-6-7-2-1-3-8(7)13-9-4-5-10(15)14-11(9)16/h7-9,13H,1-6,12H2,(H,14,15,16). The van der Waals surface area contributed by atoms with E-state index in [1.807, 2.05) is 0 Å². The Morgan fingerprint density at radius 1 is 1.31 bits per heavy atom. The zero-order valence-corrected chi connectivity index (χ0v) is 9.37. The fourth-order valence-corrected chi connectivity index (χ4v) is 2.65. The summed E-state index contributed by atoms with van der Waals surface area (Å²) in [7, 11) is 0. The lowest BCUT2D eigenvalue weighted by atomic mass is 10.00. The second-order valence-corrected chi connectivity index (χ2v) is 4.70. The normalized spacial score (nSPS) is 35.2. The number of hydrogen-bond donors (Lipinski definition) is 3. The summed E-state index contributed by atoms with van der Waals surface area (Å²) in [4.78, 5) is 22.6. The van der Waals surface area contributed by atoms with E-state index < -0.39 is 0 Å². The minimum absolute atomic E-state index is 0.162. The summed E-state index contributed by atoms with van der Waals surface area (Å²) in [6, 6.07) is 0.129. The molecule has 1 heterocycles. The molecule has 2 rings (SSSR count). The number of carbonyl (C=O) groups excluding carboxylic acids is 2. The maximum absolute atomic E-state index is 11.6. The van der Waals surface area contributed by atoms with Crippen molar-refractivity contribution in [3.05, 3.63) is 0 Å². The first-order valence-corrected chi connectivity index (χ1v) is 6.00. The van der Waals surface area contributed by atoms with Gasteiger partial charge in [-0.15, -0.1) is 0 Å². The number of nitrogens with two attached hydrogens (primary N) is 1. The van der Waals surface area contributed by atoms with Crippen molar-refractivity contribution < 1.29 is 9.59 Å². The highest BCUT2D eigenvalue weighted by molar-refractivity contribution is 6.00.